The van der Waals surface area contributed by atoms with Crippen LogP contribution in [-0.2, 0) is 0 Å². The normalized spacial score (nSPS) is 10.4. The number of nitrogens with zero attached hydrogens (tertiary/aromatic N) is 2. The van der Waals surface area contributed by atoms with Crippen molar-refractivity contribution in [3.05, 3.63) is 0 Å². The molecule has 0 aliphatic heterocycles. The Hall–Kier alpha value is -0.180. The van der Waals surface area contributed by atoms with E-state index in [2.05, 4.69) is 11.4 Å². The average molecular weight is 132 g/mol. The van der Waals surface area contributed by atoms with Crippen molar-refractivity contribution in [1.29, 1.82) is 0 Å². The summed E-state index contributed by atoms with van der Waals surface area (Å²) in [7, 11) is 3.83. The molecule has 0 fully saturated rings. The van der Waals surface area contributed by atoms with Gasteiger partial charge < -0.3 is 5.01 Å². The first-order valence-corrected chi connectivity index (χ1v) is 3.85. The summed E-state index contributed by atoms with van der Waals surface area (Å²) in [6.45, 7) is 0. The van der Waals surface area contributed by atoms with Gasteiger partial charge in [-0.05, 0) is 6.26 Å². The van der Waals surface area contributed by atoms with Crippen LogP contribution in [0.2, 0.25) is 0 Å². The maximum absolute atomic E-state index is 4.00. The molecule has 0 heterocycles. The topological polar surface area (TPSA) is 15.6 Å². The summed E-state index contributed by atoms with van der Waals surface area (Å²) < 4.78 is 0. The molecule has 0 aromatic carbocycles. The number of thioether (sulfide) groups is 1. The lowest BCUT2D eigenvalue weighted by Crippen LogP contribution is -2.01. The highest BCUT2D eigenvalue weighted by Crippen LogP contribution is 1.85. The maximum atomic E-state index is 4.00. The Balaban J connectivity index is 3.07. The first kappa shape index (κ1) is 7.82. The molecule has 0 radical (unpaired) electrons. The van der Waals surface area contributed by atoms with Gasteiger partial charge in [0.15, 0.2) is 0 Å². The summed E-state index contributed by atoms with van der Waals surface area (Å²) in [5, 5.41) is 5.79. The van der Waals surface area contributed by atoms with Crippen LogP contribution in [0.15, 0.2) is 5.10 Å². The van der Waals surface area contributed by atoms with Crippen LogP contribution in [0.4, 0.5) is 0 Å². The second-order valence-corrected chi connectivity index (χ2v) is 2.51. The summed E-state index contributed by atoms with van der Waals surface area (Å²) in [5.41, 5.74) is 0. The fourth-order valence-electron chi connectivity index (χ4n) is 0.271. The molecule has 3 heteroatoms. The van der Waals surface area contributed by atoms with Crippen molar-refractivity contribution in [2.75, 3.05) is 26.1 Å². The van der Waals surface area contributed by atoms with E-state index in [0.717, 1.165) is 5.75 Å². The van der Waals surface area contributed by atoms with Crippen molar-refractivity contribution in [2.45, 2.75) is 0 Å². The summed E-state index contributed by atoms with van der Waals surface area (Å²) in [6, 6.07) is 0. The van der Waals surface area contributed by atoms with Crippen molar-refractivity contribution < 1.29 is 0 Å². The minimum Gasteiger partial charge on any atom is -0.303 e. The summed E-state index contributed by atoms with van der Waals surface area (Å²) in [5.74, 6) is 0.998. The highest BCUT2D eigenvalue weighted by molar-refractivity contribution is 7.99. The van der Waals surface area contributed by atoms with Crippen molar-refractivity contribution in [1.82, 2.24) is 5.01 Å². The Morgan fingerprint density at radius 2 is 2.25 bits per heavy atom. The number of hydrazone groups is 1. The molecule has 0 N–H and O–H groups in total. The lowest BCUT2D eigenvalue weighted by atomic mass is 10.9. The highest BCUT2D eigenvalue weighted by atomic mass is 32.2. The number of rotatable bonds is 3. The van der Waals surface area contributed by atoms with E-state index in [-0.39, 0.29) is 0 Å². The maximum Gasteiger partial charge on any atom is 0.0343 e. The van der Waals surface area contributed by atoms with Crippen LogP contribution in [0.25, 0.3) is 0 Å². The summed E-state index contributed by atoms with van der Waals surface area (Å²) in [4.78, 5) is 0. The lowest BCUT2D eigenvalue weighted by molar-refractivity contribution is 0.440. The predicted octanol–water partition coefficient (Wildman–Crippen LogP) is 0.897. The van der Waals surface area contributed by atoms with Crippen molar-refractivity contribution in [3.8, 4) is 0 Å². The van der Waals surface area contributed by atoms with Crippen LogP contribution in [-0.4, -0.2) is 37.3 Å². The fourth-order valence-corrected chi connectivity index (χ4v) is 0.487. The zero-order chi connectivity index (χ0) is 6.41. The minimum absolute atomic E-state index is 0.998. The molecule has 0 saturated heterocycles. The Morgan fingerprint density at radius 3 is 2.62 bits per heavy atom. The van der Waals surface area contributed by atoms with Gasteiger partial charge in [-0.25, -0.2) is 0 Å². The van der Waals surface area contributed by atoms with Gasteiger partial charge in [-0.2, -0.15) is 16.9 Å². The molecule has 0 spiro atoms. The van der Waals surface area contributed by atoms with Crippen LogP contribution in [0.5, 0.6) is 0 Å². The largest absolute Gasteiger partial charge is 0.303 e. The van der Waals surface area contributed by atoms with E-state index in [1.54, 1.807) is 16.8 Å². The van der Waals surface area contributed by atoms with Gasteiger partial charge in [0.25, 0.3) is 0 Å². The van der Waals surface area contributed by atoms with Gasteiger partial charge in [0, 0.05) is 26.1 Å². The quantitative estimate of drug-likeness (QED) is 0.419. The summed E-state index contributed by atoms with van der Waals surface area (Å²) in [6.07, 6.45) is 3.95. The molecular formula is C5H12N2S. The standard InChI is InChI=1S/C5H12N2S/c1-7(2)6-4-5-8-3/h4H,5H2,1-3H3. The first-order valence-electron chi connectivity index (χ1n) is 2.46. The monoisotopic (exact) mass is 132 g/mol. The Bertz CT molecular complexity index is 70.8. The Labute approximate surface area is 54.9 Å². The molecule has 0 aliphatic rings. The van der Waals surface area contributed by atoms with Gasteiger partial charge in [-0.3, -0.25) is 0 Å². The third-order valence-electron chi connectivity index (χ3n) is 0.554. The predicted molar refractivity (Wildman–Crippen MR) is 40.6 cm³/mol. The van der Waals surface area contributed by atoms with Crippen molar-refractivity contribution in [3.63, 3.8) is 0 Å². The molecule has 48 valence electrons. The van der Waals surface area contributed by atoms with E-state index in [0.29, 0.717) is 0 Å². The smallest absolute Gasteiger partial charge is 0.0343 e. The molecule has 2 nitrogen and oxygen atoms in total. The molecule has 0 atom stereocenters. The number of hydrogen-bond donors (Lipinski definition) is 0. The first-order chi connectivity index (χ1) is 3.77. The van der Waals surface area contributed by atoms with Gasteiger partial charge in [-0.15, -0.1) is 0 Å². The second-order valence-electron chi connectivity index (χ2n) is 1.60. The molecule has 0 amide bonds. The van der Waals surface area contributed by atoms with Crippen LogP contribution >= 0.6 is 11.8 Å². The molecule has 0 saturated carbocycles. The zero-order valence-corrected chi connectivity index (χ0v) is 6.40. The molecular weight excluding hydrogens is 120 g/mol. The van der Waals surface area contributed by atoms with Crippen molar-refractivity contribution >= 4 is 18.0 Å². The van der Waals surface area contributed by atoms with E-state index >= 15 is 0 Å². The molecule has 0 aromatic rings. The van der Waals surface area contributed by atoms with E-state index in [9.17, 15) is 0 Å². The number of hydrogen-bond acceptors (Lipinski definition) is 3. The van der Waals surface area contributed by atoms with Crippen LogP contribution in [0.1, 0.15) is 0 Å². The van der Waals surface area contributed by atoms with Gasteiger partial charge in [0.05, 0.1) is 0 Å². The van der Waals surface area contributed by atoms with Crippen molar-refractivity contribution in [2.24, 2.45) is 5.10 Å². The second kappa shape index (κ2) is 4.97. The summed E-state index contributed by atoms with van der Waals surface area (Å²) >= 11 is 1.77. The molecule has 0 unspecified atom stereocenters. The Morgan fingerprint density at radius 1 is 1.62 bits per heavy atom. The molecule has 0 aliphatic carbocycles. The van der Waals surface area contributed by atoms with E-state index < -0.39 is 0 Å². The molecule has 8 heavy (non-hydrogen) atoms. The SMILES string of the molecule is CSCC=NN(C)C. The van der Waals surface area contributed by atoms with Gasteiger partial charge in [0.2, 0.25) is 0 Å². The van der Waals surface area contributed by atoms with E-state index in [1.165, 1.54) is 0 Å². The van der Waals surface area contributed by atoms with Crippen LogP contribution < -0.4 is 0 Å². The molecule has 0 bridgehead atoms. The third-order valence-corrected chi connectivity index (χ3v) is 1.04. The third kappa shape index (κ3) is 5.82. The lowest BCUT2D eigenvalue weighted by Gasteiger charge is -2.00. The minimum atomic E-state index is 0.998. The van der Waals surface area contributed by atoms with E-state index in [4.69, 9.17) is 0 Å². The Kier molecular flexibility index (Phi) is 4.85. The highest BCUT2D eigenvalue weighted by Gasteiger charge is 1.74. The van der Waals surface area contributed by atoms with Crippen LogP contribution in [0, 0.1) is 0 Å². The van der Waals surface area contributed by atoms with Gasteiger partial charge in [-0.1, -0.05) is 0 Å². The molecule has 0 aromatic heterocycles. The average Bonchev–Trinajstić information content (AvgIpc) is 1.66. The molecule has 0 rings (SSSR count). The zero-order valence-electron chi connectivity index (χ0n) is 5.59. The van der Waals surface area contributed by atoms with E-state index in [1.807, 2.05) is 20.3 Å². The fraction of sp³-hybridized carbons (Fsp3) is 0.800. The van der Waals surface area contributed by atoms with Gasteiger partial charge in [0.1, 0.15) is 0 Å². The van der Waals surface area contributed by atoms with Gasteiger partial charge >= 0.3 is 0 Å². The van der Waals surface area contributed by atoms with Crippen LogP contribution in [0.3, 0.4) is 0 Å².